The number of aryl methyl sites for hydroxylation is 1. The van der Waals surface area contributed by atoms with Gasteiger partial charge in [-0.05, 0) is 28.5 Å². The summed E-state index contributed by atoms with van der Waals surface area (Å²) in [5.41, 5.74) is 8.70. The number of thioether (sulfide) groups is 1. The monoisotopic (exact) mass is 515 g/mol. The lowest BCUT2D eigenvalue weighted by Crippen LogP contribution is -2.07. The Morgan fingerprint density at radius 3 is 2.81 bits per heavy atom. The maximum absolute atomic E-state index is 13.1. The van der Waals surface area contributed by atoms with Crippen LogP contribution in [0, 0.1) is 0 Å². The van der Waals surface area contributed by atoms with Crippen LogP contribution in [0.3, 0.4) is 0 Å². The van der Waals surface area contributed by atoms with Gasteiger partial charge < -0.3 is 20.4 Å². The van der Waals surface area contributed by atoms with Gasteiger partial charge in [0.25, 0.3) is 0 Å². The topological polar surface area (TPSA) is 191 Å². The van der Waals surface area contributed by atoms with Gasteiger partial charge in [-0.2, -0.15) is 4.68 Å². The minimum Gasteiger partial charge on any atom is -0.493 e. The fourth-order valence-electron chi connectivity index (χ4n) is 3.84. The SMILES string of the molecule is Cn1c(O)c(N=NC(=O)c2nnn(-c3nonc3N)c2CSc2nc3ccccc3[nH]2)c2ccccc21. The number of para-hydroxylation sites is 3. The number of rotatable bonds is 6. The van der Waals surface area contributed by atoms with Gasteiger partial charge in [-0.1, -0.05) is 47.3 Å². The summed E-state index contributed by atoms with van der Waals surface area (Å²) in [6.07, 6.45) is 0. The Morgan fingerprint density at radius 2 is 2.00 bits per heavy atom. The van der Waals surface area contributed by atoms with Crippen LogP contribution in [-0.2, 0) is 12.8 Å². The van der Waals surface area contributed by atoms with E-state index in [1.54, 1.807) is 23.7 Å². The highest BCUT2D eigenvalue weighted by Crippen LogP contribution is 2.38. The second kappa shape index (κ2) is 8.87. The number of carbonyl (C=O) groups is 1. The molecule has 6 aromatic rings. The van der Waals surface area contributed by atoms with Crippen LogP contribution in [0.1, 0.15) is 16.2 Å². The molecule has 4 heterocycles. The van der Waals surface area contributed by atoms with Gasteiger partial charge in [0.2, 0.25) is 17.5 Å². The number of amides is 1. The van der Waals surface area contributed by atoms with E-state index in [-0.39, 0.29) is 34.6 Å². The molecule has 15 heteroatoms. The summed E-state index contributed by atoms with van der Waals surface area (Å²) in [4.78, 5) is 20.9. The van der Waals surface area contributed by atoms with Crippen molar-refractivity contribution >= 4 is 51.1 Å². The van der Waals surface area contributed by atoms with E-state index in [2.05, 4.69) is 40.8 Å². The van der Waals surface area contributed by atoms with Crippen LogP contribution in [0.4, 0.5) is 11.5 Å². The summed E-state index contributed by atoms with van der Waals surface area (Å²) < 4.78 is 7.51. The molecule has 4 aromatic heterocycles. The molecule has 0 saturated heterocycles. The van der Waals surface area contributed by atoms with E-state index in [0.717, 1.165) is 16.6 Å². The lowest BCUT2D eigenvalue weighted by Gasteiger charge is -2.03. The second-order valence-electron chi connectivity index (χ2n) is 7.87. The maximum Gasteiger partial charge on any atom is 0.317 e. The maximum atomic E-state index is 13.1. The number of aromatic hydroxyl groups is 1. The average molecular weight is 516 g/mol. The summed E-state index contributed by atoms with van der Waals surface area (Å²) in [5.74, 6) is -0.635. The number of H-pyrrole nitrogens is 1. The molecule has 0 spiro atoms. The normalized spacial score (nSPS) is 11.8. The van der Waals surface area contributed by atoms with Gasteiger partial charge in [0.15, 0.2) is 16.5 Å². The predicted octanol–water partition coefficient (Wildman–Crippen LogP) is 3.52. The van der Waals surface area contributed by atoms with Crippen molar-refractivity contribution < 1.29 is 14.5 Å². The van der Waals surface area contributed by atoms with E-state index < -0.39 is 5.91 Å². The highest BCUT2D eigenvalue weighted by atomic mass is 32.2. The number of nitrogen functional groups attached to an aromatic ring is 1. The third-order valence-corrected chi connectivity index (χ3v) is 6.55. The largest absolute Gasteiger partial charge is 0.493 e. The molecular weight excluding hydrogens is 498 g/mol. The van der Waals surface area contributed by atoms with Gasteiger partial charge in [0.1, 0.15) is 0 Å². The lowest BCUT2D eigenvalue weighted by atomic mass is 10.2. The van der Waals surface area contributed by atoms with Crippen molar-refractivity contribution in [2.75, 3.05) is 5.73 Å². The first-order chi connectivity index (χ1) is 18.0. The number of fused-ring (bicyclic) bond motifs is 2. The lowest BCUT2D eigenvalue weighted by molar-refractivity contribution is 0.0989. The number of aromatic nitrogens is 8. The number of azo groups is 1. The molecule has 2 aromatic carbocycles. The summed E-state index contributed by atoms with van der Waals surface area (Å²) in [5, 5.41) is 35.0. The smallest absolute Gasteiger partial charge is 0.317 e. The molecular formula is C22H17N11O3S. The first-order valence-electron chi connectivity index (χ1n) is 10.8. The van der Waals surface area contributed by atoms with Gasteiger partial charge in [-0.25, -0.2) is 9.61 Å². The number of hydrogen-bond donors (Lipinski definition) is 3. The molecule has 0 saturated carbocycles. The molecule has 37 heavy (non-hydrogen) atoms. The van der Waals surface area contributed by atoms with E-state index in [9.17, 15) is 9.90 Å². The number of imidazole rings is 1. The number of aromatic amines is 1. The van der Waals surface area contributed by atoms with Crippen LogP contribution >= 0.6 is 11.8 Å². The Morgan fingerprint density at radius 1 is 1.19 bits per heavy atom. The number of anilines is 1. The number of nitrogens with one attached hydrogen (secondary N) is 1. The first-order valence-corrected chi connectivity index (χ1v) is 11.8. The van der Waals surface area contributed by atoms with Gasteiger partial charge >= 0.3 is 5.91 Å². The minimum atomic E-state index is -0.770. The van der Waals surface area contributed by atoms with Crippen molar-refractivity contribution in [2.45, 2.75) is 10.9 Å². The van der Waals surface area contributed by atoms with Crippen LogP contribution < -0.4 is 5.73 Å². The van der Waals surface area contributed by atoms with Crippen molar-refractivity contribution in [3.05, 3.63) is 59.9 Å². The van der Waals surface area contributed by atoms with Gasteiger partial charge in [-0.15, -0.1) is 15.3 Å². The molecule has 0 aliphatic rings. The van der Waals surface area contributed by atoms with Crippen molar-refractivity contribution in [3.8, 4) is 11.7 Å². The third-order valence-electron chi connectivity index (χ3n) is 5.67. The van der Waals surface area contributed by atoms with Crippen LogP contribution in [0.2, 0.25) is 0 Å². The van der Waals surface area contributed by atoms with E-state index in [1.807, 2.05) is 36.4 Å². The molecule has 6 rings (SSSR count). The summed E-state index contributed by atoms with van der Waals surface area (Å²) >= 11 is 1.32. The van der Waals surface area contributed by atoms with Crippen molar-refractivity contribution in [2.24, 2.45) is 17.3 Å². The molecule has 14 nitrogen and oxygen atoms in total. The second-order valence-corrected chi connectivity index (χ2v) is 8.83. The number of nitrogens with two attached hydrogens (primary N) is 1. The molecule has 0 aliphatic heterocycles. The van der Waals surface area contributed by atoms with Gasteiger partial charge in [0.05, 0.1) is 22.2 Å². The molecule has 0 atom stereocenters. The zero-order valence-corrected chi connectivity index (χ0v) is 19.9. The third kappa shape index (κ3) is 3.86. The quantitative estimate of drug-likeness (QED) is 0.218. The molecule has 0 unspecified atom stereocenters. The number of carbonyl (C=O) groups excluding carboxylic acids is 1. The standard InChI is InChI=1S/C22H17N11O3S/c1-32-14-9-5-2-6-11(14)16(21(32)35)26-28-20(34)17-15(33(31-27-17)19-18(23)29-36-30-19)10-37-22-24-12-7-3-4-8-13(12)25-22/h2-9,35H,10H2,1H3,(H2,23,29)(H,24,25). The number of hydrogen-bond acceptors (Lipinski definition) is 11. The Hall–Kier alpha value is -5.05. The van der Waals surface area contributed by atoms with E-state index in [0.29, 0.717) is 16.2 Å². The van der Waals surface area contributed by atoms with E-state index in [4.69, 9.17) is 10.4 Å². The Kier molecular flexibility index (Phi) is 5.37. The Labute approximate surface area is 211 Å². The van der Waals surface area contributed by atoms with Crippen molar-refractivity contribution in [3.63, 3.8) is 0 Å². The summed E-state index contributed by atoms with van der Waals surface area (Å²) in [6.45, 7) is 0. The fourth-order valence-corrected chi connectivity index (χ4v) is 4.72. The molecule has 0 aliphatic carbocycles. The summed E-state index contributed by atoms with van der Waals surface area (Å²) in [6, 6.07) is 14.8. The van der Waals surface area contributed by atoms with Gasteiger partial charge in [-0.3, -0.25) is 4.79 Å². The molecule has 0 bridgehead atoms. The molecule has 1 amide bonds. The Bertz CT molecular complexity index is 1780. The van der Waals surface area contributed by atoms with Crippen LogP contribution in [0.25, 0.3) is 27.8 Å². The minimum absolute atomic E-state index is 0.0267. The van der Waals surface area contributed by atoms with Crippen molar-refractivity contribution in [1.29, 1.82) is 0 Å². The molecule has 4 N–H and O–H groups in total. The molecule has 0 radical (unpaired) electrons. The average Bonchev–Trinajstić information content (AvgIpc) is 3.67. The molecule has 184 valence electrons. The molecule has 0 fully saturated rings. The number of benzene rings is 2. The summed E-state index contributed by atoms with van der Waals surface area (Å²) in [7, 11) is 1.69. The highest BCUT2D eigenvalue weighted by molar-refractivity contribution is 7.98. The first kappa shape index (κ1) is 22.4. The van der Waals surface area contributed by atoms with Crippen LogP contribution in [-0.4, -0.2) is 50.9 Å². The zero-order valence-electron chi connectivity index (χ0n) is 19.1. The number of nitrogens with zero attached hydrogens (tertiary/aromatic N) is 9. The van der Waals surface area contributed by atoms with Crippen molar-refractivity contribution in [1.82, 2.24) is 39.8 Å². The van der Waals surface area contributed by atoms with Crippen LogP contribution in [0.15, 0.2) is 68.5 Å². The predicted molar refractivity (Wildman–Crippen MR) is 133 cm³/mol. The van der Waals surface area contributed by atoms with Gasteiger partial charge in [0, 0.05) is 18.2 Å². The van der Waals surface area contributed by atoms with E-state index in [1.165, 1.54) is 16.4 Å². The Balaban J connectivity index is 1.35. The van der Waals surface area contributed by atoms with E-state index >= 15 is 0 Å². The fraction of sp³-hybridized carbons (Fsp3) is 0.0909. The van der Waals surface area contributed by atoms with Crippen LogP contribution in [0.5, 0.6) is 5.88 Å². The zero-order chi connectivity index (χ0) is 25.5. The highest BCUT2D eigenvalue weighted by Gasteiger charge is 2.25.